The number of aliphatic hydroxyl groups excluding tert-OH is 1. The van der Waals surface area contributed by atoms with Gasteiger partial charge in [0.25, 0.3) is 5.91 Å². The minimum absolute atomic E-state index is 0.0100. The minimum atomic E-state index is -3.54. The highest BCUT2D eigenvalue weighted by Gasteiger charge is 2.38. The highest BCUT2D eigenvalue weighted by Crippen LogP contribution is 2.26. The summed E-state index contributed by atoms with van der Waals surface area (Å²) in [7, 11) is -0.768. The van der Waals surface area contributed by atoms with Gasteiger partial charge in [-0.2, -0.15) is 8.78 Å². The lowest BCUT2D eigenvalue weighted by molar-refractivity contribution is -0.0502. The van der Waals surface area contributed by atoms with E-state index >= 15 is 0 Å². The predicted octanol–water partition coefficient (Wildman–Crippen LogP) is 0.612. The Balaban J connectivity index is 2.15. The molecule has 1 fully saturated rings. The van der Waals surface area contributed by atoms with Crippen molar-refractivity contribution in [1.29, 1.82) is 0 Å². The summed E-state index contributed by atoms with van der Waals surface area (Å²) in [5.74, 6) is -1.82. The number of likely N-dealkylation sites (tertiary alicyclic amines) is 1. The highest BCUT2D eigenvalue weighted by atomic mass is 32.2. The first-order valence-corrected chi connectivity index (χ1v) is 9.14. The molecule has 0 aromatic heterocycles. The van der Waals surface area contributed by atoms with Gasteiger partial charge in [-0.1, -0.05) is 12.1 Å². The third-order valence-corrected chi connectivity index (χ3v) is 5.97. The molecule has 0 bridgehead atoms. The van der Waals surface area contributed by atoms with Crippen molar-refractivity contribution in [3.8, 4) is 5.75 Å². The Morgan fingerprint density at radius 2 is 2.00 bits per heavy atom. The Morgan fingerprint density at radius 1 is 1.36 bits per heavy atom. The van der Waals surface area contributed by atoms with Gasteiger partial charge in [0.05, 0.1) is 17.4 Å². The summed E-state index contributed by atoms with van der Waals surface area (Å²) in [5.41, 5.74) is -0.0638. The number of carbonyl (C=O) groups excluding carboxylic acids is 1. The van der Waals surface area contributed by atoms with E-state index in [4.69, 9.17) is 0 Å². The number of halogens is 2. The van der Waals surface area contributed by atoms with Crippen molar-refractivity contribution in [1.82, 2.24) is 9.21 Å². The van der Waals surface area contributed by atoms with E-state index in [1.54, 1.807) is 0 Å². The zero-order chi connectivity index (χ0) is 18.8. The summed E-state index contributed by atoms with van der Waals surface area (Å²) in [6.07, 6.45) is -1.01. The average Bonchev–Trinajstić information content (AvgIpc) is 2.87. The average molecular weight is 378 g/mol. The standard InChI is InChI=1S/C15H20F2N2O5S/c1-18(2)25(22,23)9-10-7-19(8-12(10)20)14(21)11-5-3-4-6-13(11)24-15(16)17/h3-6,10,12,15,20H,7-9H2,1-2H3/t10-,12+/m0/s1. The molecule has 1 aromatic carbocycles. The van der Waals surface area contributed by atoms with Crippen LogP contribution < -0.4 is 4.74 Å². The predicted molar refractivity (Wildman–Crippen MR) is 85.9 cm³/mol. The Labute approximate surface area is 144 Å². The molecular weight excluding hydrogens is 358 g/mol. The Bertz CT molecular complexity index is 726. The fourth-order valence-corrected chi connectivity index (χ4v) is 3.78. The summed E-state index contributed by atoms with van der Waals surface area (Å²) < 4.78 is 54.3. The summed E-state index contributed by atoms with van der Waals surface area (Å²) in [6, 6.07) is 5.56. The summed E-state index contributed by atoms with van der Waals surface area (Å²) in [4.78, 5) is 13.8. The fraction of sp³-hybridized carbons (Fsp3) is 0.533. The van der Waals surface area contributed by atoms with E-state index in [9.17, 15) is 27.1 Å². The Kier molecular flexibility index (Phi) is 5.96. The lowest BCUT2D eigenvalue weighted by Gasteiger charge is -2.19. The van der Waals surface area contributed by atoms with Gasteiger partial charge in [0, 0.05) is 33.1 Å². The maximum Gasteiger partial charge on any atom is 0.387 e. The monoisotopic (exact) mass is 378 g/mol. The van der Waals surface area contributed by atoms with Gasteiger partial charge in [-0.3, -0.25) is 4.79 Å². The first kappa shape index (κ1) is 19.5. The molecule has 1 N–H and O–H groups in total. The molecule has 0 spiro atoms. The van der Waals surface area contributed by atoms with Crippen molar-refractivity contribution in [3.63, 3.8) is 0 Å². The molecule has 2 rings (SSSR count). The van der Waals surface area contributed by atoms with Crippen LogP contribution in [0.1, 0.15) is 10.4 Å². The van der Waals surface area contributed by atoms with Gasteiger partial charge in [-0.05, 0) is 12.1 Å². The lowest BCUT2D eigenvalue weighted by atomic mass is 10.1. The van der Waals surface area contributed by atoms with Crippen LogP contribution in [0.4, 0.5) is 8.78 Å². The van der Waals surface area contributed by atoms with Crippen molar-refractivity contribution >= 4 is 15.9 Å². The number of aliphatic hydroxyl groups is 1. The molecule has 1 aliphatic rings. The molecular formula is C15H20F2N2O5S. The molecule has 7 nitrogen and oxygen atoms in total. The summed E-state index contributed by atoms with van der Waals surface area (Å²) >= 11 is 0. The molecule has 1 saturated heterocycles. The van der Waals surface area contributed by atoms with Gasteiger partial charge in [-0.25, -0.2) is 12.7 Å². The molecule has 1 aromatic rings. The zero-order valence-electron chi connectivity index (χ0n) is 13.8. The third kappa shape index (κ3) is 4.65. The number of carbonyl (C=O) groups is 1. The van der Waals surface area contributed by atoms with Crippen LogP contribution in [0.3, 0.4) is 0 Å². The zero-order valence-corrected chi connectivity index (χ0v) is 14.6. The number of rotatable bonds is 6. The van der Waals surface area contributed by atoms with Gasteiger partial charge in [-0.15, -0.1) is 0 Å². The van der Waals surface area contributed by atoms with Crippen molar-refractivity contribution in [2.75, 3.05) is 32.9 Å². The largest absolute Gasteiger partial charge is 0.434 e. The van der Waals surface area contributed by atoms with Crippen molar-refractivity contribution < 1.29 is 31.8 Å². The number of benzene rings is 1. The first-order chi connectivity index (χ1) is 11.6. The Morgan fingerprint density at radius 3 is 2.60 bits per heavy atom. The number of β-amino-alcohol motifs (C(OH)–C–C–N with tert-alkyl or cyclic N) is 1. The van der Waals surface area contributed by atoms with Crippen molar-refractivity contribution in [3.05, 3.63) is 29.8 Å². The molecule has 0 radical (unpaired) electrons. The molecule has 2 atom stereocenters. The van der Waals surface area contributed by atoms with Crippen molar-refractivity contribution in [2.45, 2.75) is 12.7 Å². The topological polar surface area (TPSA) is 87.2 Å². The third-order valence-electron chi connectivity index (χ3n) is 4.01. The second-order valence-electron chi connectivity index (χ2n) is 5.97. The molecule has 0 saturated carbocycles. The number of hydrogen-bond acceptors (Lipinski definition) is 5. The smallest absolute Gasteiger partial charge is 0.387 e. The van der Waals surface area contributed by atoms with Crippen LogP contribution >= 0.6 is 0 Å². The van der Waals surface area contributed by atoms with E-state index in [2.05, 4.69) is 4.74 Å². The van der Waals surface area contributed by atoms with Gasteiger partial charge in [0.15, 0.2) is 0 Å². The molecule has 25 heavy (non-hydrogen) atoms. The molecule has 140 valence electrons. The number of amides is 1. The number of nitrogens with zero attached hydrogens (tertiary/aromatic N) is 2. The maximum absolute atomic E-state index is 12.6. The lowest BCUT2D eigenvalue weighted by Crippen LogP contribution is -2.33. The van der Waals surface area contributed by atoms with Crippen LogP contribution in [-0.2, 0) is 10.0 Å². The molecule has 1 aliphatic heterocycles. The molecule has 0 unspecified atom stereocenters. The summed E-state index contributed by atoms with van der Waals surface area (Å²) in [6.45, 7) is -3.14. The fourth-order valence-electron chi connectivity index (χ4n) is 2.62. The number of alkyl halides is 2. The van der Waals surface area contributed by atoms with E-state index in [0.29, 0.717) is 0 Å². The van der Waals surface area contributed by atoms with E-state index < -0.39 is 34.6 Å². The van der Waals surface area contributed by atoms with Crippen LogP contribution in [-0.4, -0.2) is 74.3 Å². The number of ether oxygens (including phenoxy) is 1. The quantitative estimate of drug-likeness (QED) is 0.784. The number of hydrogen-bond donors (Lipinski definition) is 1. The van der Waals surface area contributed by atoms with Gasteiger partial charge < -0.3 is 14.7 Å². The van der Waals surface area contributed by atoms with Gasteiger partial charge >= 0.3 is 6.61 Å². The normalized spacial score (nSPS) is 21.2. The van der Waals surface area contributed by atoms with Crippen LogP contribution in [0.2, 0.25) is 0 Å². The second kappa shape index (κ2) is 7.63. The first-order valence-electron chi connectivity index (χ1n) is 7.53. The van der Waals surface area contributed by atoms with E-state index in [0.717, 1.165) is 4.31 Å². The number of para-hydroxylation sites is 1. The van der Waals surface area contributed by atoms with Gasteiger partial charge in [0.1, 0.15) is 5.75 Å². The van der Waals surface area contributed by atoms with Crippen LogP contribution in [0, 0.1) is 5.92 Å². The van der Waals surface area contributed by atoms with Crippen LogP contribution in [0.25, 0.3) is 0 Å². The second-order valence-corrected chi connectivity index (χ2v) is 8.20. The van der Waals surface area contributed by atoms with Crippen molar-refractivity contribution in [2.24, 2.45) is 5.92 Å². The highest BCUT2D eigenvalue weighted by molar-refractivity contribution is 7.89. The minimum Gasteiger partial charge on any atom is -0.434 e. The van der Waals surface area contributed by atoms with E-state index in [1.807, 2.05) is 0 Å². The van der Waals surface area contributed by atoms with Crippen LogP contribution in [0.15, 0.2) is 24.3 Å². The molecule has 10 heteroatoms. The number of sulfonamides is 1. The van der Waals surface area contributed by atoms with Crippen LogP contribution in [0.5, 0.6) is 5.75 Å². The Hall–Kier alpha value is -1.78. The summed E-state index contributed by atoms with van der Waals surface area (Å²) in [5, 5.41) is 10.1. The SMILES string of the molecule is CN(C)S(=O)(=O)C[C@@H]1CN(C(=O)c2ccccc2OC(F)F)C[C@H]1O. The maximum atomic E-state index is 12.6. The molecule has 1 amide bonds. The molecule has 0 aliphatic carbocycles. The van der Waals surface area contributed by atoms with E-state index in [1.165, 1.54) is 43.3 Å². The molecule has 1 heterocycles. The van der Waals surface area contributed by atoms with E-state index in [-0.39, 0.29) is 30.2 Å². The van der Waals surface area contributed by atoms with Gasteiger partial charge in [0.2, 0.25) is 10.0 Å².